The average molecular weight is 209 g/mol. The molecule has 0 radical (unpaired) electrons. The third-order valence-electron chi connectivity index (χ3n) is 3.10. The highest BCUT2D eigenvalue weighted by molar-refractivity contribution is 4.99. The van der Waals surface area contributed by atoms with Crippen molar-refractivity contribution in [1.29, 1.82) is 0 Å². The lowest BCUT2D eigenvalue weighted by Gasteiger charge is -2.22. The van der Waals surface area contributed by atoms with Crippen LogP contribution >= 0.6 is 0 Å². The maximum atomic E-state index is 4.78. The third kappa shape index (κ3) is 2.79. The van der Waals surface area contributed by atoms with E-state index < -0.39 is 0 Å². The van der Waals surface area contributed by atoms with Crippen LogP contribution in [0.3, 0.4) is 0 Å². The zero-order valence-corrected chi connectivity index (χ0v) is 9.28. The van der Waals surface area contributed by atoms with Crippen LogP contribution in [0.1, 0.15) is 25.3 Å². The quantitative estimate of drug-likeness (QED) is 0.792. The fourth-order valence-corrected chi connectivity index (χ4v) is 2.24. The second-order valence-electron chi connectivity index (χ2n) is 4.09. The predicted octanol–water partition coefficient (Wildman–Crippen LogP) is 1.25. The van der Waals surface area contributed by atoms with E-state index >= 15 is 0 Å². The van der Waals surface area contributed by atoms with Gasteiger partial charge in [-0.25, -0.2) is 0 Å². The van der Waals surface area contributed by atoms with Crippen LogP contribution in [0.25, 0.3) is 0 Å². The highest BCUT2D eigenvalue weighted by atomic mass is 16.5. The Morgan fingerprint density at radius 3 is 3.33 bits per heavy atom. The van der Waals surface area contributed by atoms with Crippen molar-refractivity contribution in [3.63, 3.8) is 0 Å². The molecule has 1 aliphatic heterocycles. The number of rotatable bonds is 5. The largest absolute Gasteiger partial charge is 0.364 e. The Balaban J connectivity index is 1.69. The molecule has 0 saturated carbocycles. The molecule has 1 aromatic rings. The first kappa shape index (κ1) is 10.6. The first-order chi connectivity index (χ1) is 7.40. The molecule has 2 rings (SSSR count). The minimum Gasteiger partial charge on any atom is -0.364 e. The van der Waals surface area contributed by atoms with E-state index in [1.165, 1.54) is 25.9 Å². The molecule has 0 aliphatic carbocycles. The van der Waals surface area contributed by atoms with Crippen LogP contribution in [0.15, 0.2) is 17.0 Å². The first-order valence-corrected chi connectivity index (χ1v) is 5.73. The van der Waals surface area contributed by atoms with Gasteiger partial charge in [0.25, 0.3) is 0 Å². The zero-order valence-electron chi connectivity index (χ0n) is 9.28. The summed E-state index contributed by atoms with van der Waals surface area (Å²) in [5.74, 6) is 0. The van der Waals surface area contributed by atoms with Crippen molar-refractivity contribution >= 4 is 0 Å². The standard InChI is InChI=1S/C11H19N3O/c1-2-14-5-3-4-11(14)8-12-6-10-7-13-15-9-10/h7,9,11-12H,2-6,8H2,1H3. The summed E-state index contributed by atoms with van der Waals surface area (Å²) < 4.78 is 4.78. The molecule has 1 fully saturated rings. The fraction of sp³-hybridized carbons (Fsp3) is 0.727. The van der Waals surface area contributed by atoms with Crippen LogP contribution in [0, 0.1) is 0 Å². The Bertz CT molecular complexity index is 273. The number of aromatic nitrogens is 1. The number of hydrogen-bond acceptors (Lipinski definition) is 4. The Kier molecular flexibility index (Phi) is 3.75. The predicted molar refractivity (Wildman–Crippen MR) is 58.5 cm³/mol. The number of nitrogens with zero attached hydrogens (tertiary/aromatic N) is 2. The fourth-order valence-electron chi connectivity index (χ4n) is 2.24. The van der Waals surface area contributed by atoms with Gasteiger partial charge in [-0.2, -0.15) is 0 Å². The summed E-state index contributed by atoms with van der Waals surface area (Å²) in [5, 5.41) is 7.13. The lowest BCUT2D eigenvalue weighted by Crippen LogP contribution is -2.37. The Morgan fingerprint density at radius 1 is 1.67 bits per heavy atom. The van der Waals surface area contributed by atoms with Gasteiger partial charge < -0.3 is 9.84 Å². The van der Waals surface area contributed by atoms with Crippen molar-refractivity contribution in [1.82, 2.24) is 15.4 Å². The molecule has 1 N–H and O–H groups in total. The van der Waals surface area contributed by atoms with Crippen molar-refractivity contribution in [2.75, 3.05) is 19.6 Å². The van der Waals surface area contributed by atoms with Gasteiger partial charge in [0.05, 0.1) is 6.20 Å². The van der Waals surface area contributed by atoms with Crippen LogP contribution in [0.2, 0.25) is 0 Å². The number of hydrogen-bond donors (Lipinski definition) is 1. The minimum absolute atomic E-state index is 0.717. The summed E-state index contributed by atoms with van der Waals surface area (Å²) in [5.41, 5.74) is 1.12. The smallest absolute Gasteiger partial charge is 0.128 e. The maximum Gasteiger partial charge on any atom is 0.128 e. The van der Waals surface area contributed by atoms with E-state index in [2.05, 4.69) is 22.3 Å². The molecular weight excluding hydrogens is 190 g/mol. The second-order valence-corrected chi connectivity index (χ2v) is 4.09. The summed E-state index contributed by atoms with van der Waals surface area (Å²) in [6, 6.07) is 0.717. The lowest BCUT2D eigenvalue weighted by atomic mass is 10.2. The van der Waals surface area contributed by atoms with Gasteiger partial charge in [-0.05, 0) is 25.9 Å². The SMILES string of the molecule is CCN1CCCC1CNCc1cnoc1. The van der Waals surface area contributed by atoms with Crippen LogP contribution in [0.5, 0.6) is 0 Å². The summed E-state index contributed by atoms with van der Waals surface area (Å²) in [7, 11) is 0. The molecule has 1 saturated heterocycles. The molecule has 1 atom stereocenters. The molecule has 15 heavy (non-hydrogen) atoms. The third-order valence-corrected chi connectivity index (χ3v) is 3.10. The molecule has 1 aromatic heterocycles. The molecule has 0 amide bonds. The average Bonchev–Trinajstić information content (AvgIpc) is 2.88. The van der Waals surface area contributed by atoms with E-state index in [9.17, 15) is 0 Å². The van der Waals surface area contributed by atoms with Gasteiger partial charge >= 0.3 is 0 Å². The minimum atomic E-state index is 0.717. The van der Waals surface area contributed by atoms with Crippen LogP contribution in [-0.4, -0.2) is 35.7 Å². The Hall–Kier alpha value is -0.870. The van der Waals surface area contributed by atoms with Crippen molar-refractivity contribution in [3.8, 4) is 0 Å². The Labute approximate surface area is 90.6 Å². The van der Waals surface area contributed by atoms with Crippen LogP contribution in [-0.2, 0) is 6.54 Å². The number of likely N-dealkylation sites (tertiary alicyclic amines) is 1. The van der Waals surface area contributed by atoms with E-state index in [4.69, 9.17) is 4.52 Å². The van der Waals surface area contributed by atoms with Crippen molar-refractivity contribution in [2.24, 2.45) is 0 Å². The van der Waals surface area contributed by atoms with Crippen molar-refractivity contribution in [2.45, 2.75) is 32.4 Å². The molecule has 1 aliphatic rings. The van der Waals surface area contributed by atoms with Gasteiger partial charge in [-0.15, -0.1) is 0 Å². The van der Waals surface area contributed by atoms with E-state index in [0.717, 1.165) is 24.7 Å². The summed E-state index contributed by atoms with van der Waals surface area (Å²) in [6.07, 6.45) is 6.12. The summed E-state index contributed by atoms with van der Waals surface area (Å²) >= 11 is 0. The van der Waals surface area contributed by atoms with E-state index in [0.29, 0.717) is 0 Å². The van der Waals surface area contributed by atoms with Gasteiger partial charge in [0.2, 0.25) is 0 Å². The molecule has 0 spiro atoms. The summed E-state index contributed by atoms with van der Waals surface area (Å²) in [4.78, 5) is 2.54. The van der Waals surface area contributed by atoms with Gasteiger partial charge in [-0.1, -0.05) is 12.1 Å². The maximum absolute atomic E-state index is 4.78. The van der Waals surface area contributed by atoms with Crippen LogP contribution in [0.4, 0.5) is 0 Å². The van der Waals surface area contributed by atoms with Gasteiger partial charge in [0.1, 0.15) is 6.26 Å². The molecule has 1 unspecified atom stereocenters. The summed E-state index contributed by atoms with van der Waals surface area (Å²) in [6.45, 7) is 6.59. The topological polar surface area (TPSA) is 41.3 Å². The first-order valence-electron chi connectivity index (χ1n) is 5.73. The number of nitrogens with one attached hydrogen (secondary N) is 1. The Morgan fingerprint density at radius 2 is 2.60 bits per heavy atom. The van der Waals surface area contributed by atoms with E-state index in [1.54, 1.807) is 12.5 Å². The molecule has 4 nitrogen and oxygen atoms in total. The normalized spacial score (nSPS) is 22.3. The van der Waals surface area contributed by atoms with Gasteiger partial charge in [-0.3, -0.25) is 4.90 Å². The molecular formula is C11H19N3O. The van der Waals surface area contributed by atoms with Crippen molar-refractivity contribution in [3.05, 3.63) is 18.0 Å². The van der Waals surface area contributed by atoms with Crippen LogP contribution < -0.4 is 5.32 Å². The molecule has 0 bridgehead atoms. The highest BCUT2D eigenvalue weighted by Crippen LogP contribution is 2.15. The van der Waals surface area contributed by atoms with Gasteiger partial charge in [0, 0.05) is 24.7 Å². The molecule has 0 aromatic carbocycles. The lowest BCUT2D eigenvalue weighted by molar-refractivity contribution is 0.260. The van der Waals surface area contributed by atoms with Gasteiger partial charge in [0.15, 0.2) is 0 Å². The molecule has 2 heterocycles. The molecule has 84 valence electrons. The van der Waals surface area contributed by atoms with E-state index in [1.807, 2.05) is 0 Å². The second kappa shape index (κ2) is 5.28. The van der Waals surface area contributed by atoms with E-state index in [-0.39, 0.29) is 0 Å². The monoisotopic (exact) mass is 209 g/mol. The van der Waals surface area contributed by atoms with Crippen molar-refractivity contribution < 1.29 is 4.52 Å². The number of likely N-dealkylation sites (N-methyl/N-ethyl adjacent to an activating group) is 1. The highest BCUT2D eigenvalue weighted by Gasteiger charge is 2.21. The molecule has 4 heteroatoms. The zero-order chi connectivity index (χ0) is 10.5.